The number of benzene rings is 1. The number of rotatable bonds is 4. The summed E-state index contributed by atoms with van der Waals surface area (Å²) in [5.41, 5.74) is 1.06. The van der Waals surface area contributed by atoms with Crippen LogP contribution in [-0.4, -0.2) is 25.2 Å². The molecule has 0 amide bonds. The van der Waals surface area contributed by atoms with E-state index in [1.807, 2.05) is 30.3 Å². The molecule has 1 aliphatic carbocycles. The number of hydrogen-bond donors (Lipinski definition) is 1. The lowest BCUT2D eigenvalue weighted by atomic mass is 9.84. The van der Waals surface area contributed by atoms with Gasteiger partial charge in [0.1, 0.15) is 6.23 Å². The summed E-state index contributed by atoms with van der Waals surface area (Å²) in [6.07, 6.45) is 6.76. The molecule has 1 aromatic rings. The van der Waals surface area contributed by atoms with E-state index in [1.54, 1.807) is 0 Å². The molecule has 1 heterocycles. The smallest absolute Gasteiger partial charge is 0.336 e. The summed E-state index contributed by atoms with van der Waals surface area (Å²) in [7, 11) is 1.43. The molecule has 4 nitrogen and oxygen atoms in total. The number of carbonyl (C=O) groups is 1. The zero-order chi connectivity index (χ0) is 15.4. The zero-order valence-electron chi connectivity index (χ0n) is 13.2. The van der Waals surface area contributed by atoms with E-state index < -0.39 is 6.10 Å². The Kier molecular flexibility index (Phi) is 5.11. The van der Waals surface area contributed by atoms with Crippen LogP contribution in [-0.2, 0) is 14.3 Å². The Morgan fingerprint density at radius 3 is 2.64 bits per heavy atom. The Balaban J connectivity index is 1.69. The van der Waals surface area contributed by atoms with E-state index in [0.717, 1.165) is 12.0 Å². The van der Waals surface area contributed by atoms with Gasteiger partial charge in [-0.05, 0) is 17.9 Å². The van der Waals surface area contributed by atoms with Crippen molar-refractivity contribution in [1.29, 1.82) is 0 Å². The summed E-state index contributed by atoms with van der Waals surface area (Å²) in [4.78, 5) is 12.1. The minimum Gasteiger partial charge on any atom is -0.467 e. The maximum absolute atomic E-state index is 12.1. The van der Waals surface area contributed by atoms with Crippen LogP contribution in [0.3, 0.4) is 0 Å². The highest BCUT2D eigenvalue weighted by atomic mass is 16.6. The summed E-state index contributed by atoms with van der Waals surface area (Å²) in [5, 5.41) is 3.50. The highest BCUT2D eigenvalue weighted by Gasteiger charge is 2.41. The molecule has 3 atom stereocenters. The third kappa shape index (κ3) is 3.50. The molecule has 0 bridgehead atoms. The van der Waals surface area contributed by atoms with Crippen molar-refractivity contribution < 1.29 is 14.3 Å². The van der Waals surface area contributed by atoms with Crippen molar-refractivity contribution in [3.63, 3.8) is 0 Å². The summed E-state index contributed by atoms with van der Waals surface area (Å²) in [6.45, 7) is 0. The van der Waals surface area contributed by atoms with E-state index in [1.165, 1.54) is 39.2 Å². The van der Waals surface area contributed by atoms with Crippen molar-refractivity contribution in [2.45, 2.75) is 56.9 Å². The third-order valence-corrected chi connectivity index (χ3v) is 4.86. The average Bonchev–Trinajstić information content (AvgIpc) is 3.00. The molecule has 0 radical (unpaired) electrons. The third-order valence-electron chi connectivity index (χ3n) is 4.86. The molecule has 0 spiro atoms. The lowest BCUT2D eigenvalue weighted by Gasteiger charge is -2.25. The maximum Gasteiger partial charge on any atom is 0.336 e. The number of ether oxygens (including phenoxy) is 2. The number of nitrogens with one attached hydrogen (secondary N) is 1. The second-order valence-corrected chi connectivity index (χ2v) is 6.38. The molecule has 120 valence electrons. The van der Waals surface area contributed by atoms with Crippen molar-refractivity contribution in [2.75, 3.05) is 7.11 Å². The van der Waals surface area contributed by atoms with Gasteiger partial charge in [-0.15, -0.1) is 0 Å². The van der Waals surface area contributed by atoms with Gasteiger partial charge in [0.15, 0.2) is 6.10 Å². The fourth-order valence-electron chi connectivity index (χ4n) is 3.67. The van der Waals surface area contributed by atoms with Gasteiger partial charge in [-0.25, -0.2) is 4.79 Å². The molecule has 22 heavy (non-hydrogen) atoms. The number of esters is 1. The average molecular weight is 303 g/mol. The molecule has 1 N–H and O–H groups in total. The lowest BCUT2D eigenvalue weighted by Crippen LogP contribution is -2.39. The first-order chi connectivity index (χ1) is 10.8. The van der Waals surface area contributed by atoms with Crippen LogP contribution in [0.5, 0.6) is 0 Å². The van der Waals surface area contributed by atoms with Crippen LogP contribution in [0.1, 0.15) is 50.3 Å². The summed E-state index contributed by atoms with van der Waals surface area (Å²) in [6, 6.07) is 10.0. The SMILES string of the molecule is COC(=O)C1OC(c2ccccc2)NC1CC1CCCCC1. The van der Waals surface area contributed by atoms with E-state index in [-0.39, 0.29) is 18.2 Å². The first-order valence-corrected chi connectivity index (χ1v) is 8.32. The first kappa shape index (κ1) is 15.5. The lowest BCUT2D eigenvalue weighted by molar-refractivity contribution is -0.154. The fraction of sp³-hybridized carbons (Fsp3) is 0.611. The van der Waals surface area contributed by atoms with E-state index >= 15 is 0 Å². The van der Waals surface area contributed by atoms with Crippen LogP contribution in [0.2, 0.25) is 0 Å². The molecule has 1 saturated heterocycles. The van der Waals surface area contributed by atoms with Crippen LogP contribution in [0.15, 0.2) is 30.3 Å². The van der Waals surface area contributed by atoms with Crippen molar-refractivity contribution in [3.05, 3.63) is 35.9 Å². The van der Waals surface area contributed by atoms with Crippen molar-refractivity contribution in [2.24, 2.45) is 5.92 Å². The van der Waals surface area contributed by atoms with Crippen molar-refractivity contribution in [3.8, 4) is 0 Å². The molecule has 3 unspecified atom stereocenters. The van der Waals surface area contributed by atoms with Gasteiger partial charge in [-0.3, -0.25) is 5.32 Å². The van der Waals surface area contributed by atoms with Gasteiger partial charge in [-0.1, -0.05) is 62.4 Å². The van der Waals surface area contributed by atoms with Gasteiger partial charge >= 0.3 is 5.97 Å². The Hall–Kier alpha value is -1.39. The van der Waals surface area contributed by atoms with E-state index in [0.29, 0.717) is 5.92 Å². The Morgan fingerprint density at radius 1 is 1.23 bits per heavy atom. The molecule has 1 aromatic carbocycles. The molecule has 2 fully saturated rings. The molecule has 0 aromatic heterocycles. The number of methoxy groups -OCH3 is 1. The summed E-state index contributed by atoms with van der Waals surface area (Å²) in [5.74, 6) is 0.420. The fourth-order valence-corrected chi connectivity index (χ4v) is 3.67. The molecule has 3 rings (SSSR count). The Bertz CT molecular complexity index is 484. The number of hydrogen-bond acceptors (Lipinski definition) is 4. The largest absolute Gasteiger partial charge is 0.467 e. The van der Waals surface area contributed by atoms with Crippen LogP contribution >= 0.6 is 0 Å². The summed E-state index contributed by atoms with van der Waals surface area (Å²) >= 11 is 0. The van der Waals surface area contributed by atoms with E-state index in [2.05, 4.69) is 5.32 Å². The van der Waals surface area contributed by atoms with Gasteiger partial charge in [0, 0.05) is 6.04 Å². The second-order valence-electron chi connectivity index (χ2n) is 6.38. The predicted octanol–water partition coefficient (Wildman–Crippen LogP) is 3.19. The molecule has 1 saturated carbocycles. The van der Waals surface area contributed by atoms with Gasteiger partial charge in [0.25, 0.3) is 0 Å². The first-order valence-electron chi connectivity index (χ1n) is 8.32. The minimum absolute atomic E-state index is 0.0424. The predicted molar refractivity (Wildman–Crippen MR) is 84.2 cm³/mol. The van der Waals surface area contributed by atoms with Gasteiger partial charge in [0.05, 0.1) is 7.11 Å². The topological polar surface area (TPSA) is 47.6 Å². The molecule has 2 aliphatic rings. The highest BCUT2D eigenvalue weighted by Crippen LogP contribution is 2.33. The van der Waals surface area contributed by atoms with E-state index in [4.69, 9.17) is 9.47 Å². The maximum atomic E-state index is 12.1. The van der Waals surface area contributed by atoms with Crippen molar-refractivity contribution >= 4 is 5.97 Å². The second kappa shape index (κ2) is 7.25. The van der Waals surface area contributed by atoms with Gasteiger partial charge in [-0.2, -0.15) is 0 Å². The monoisotopic (exact) mass is 303 g/mol. The van der Waals surface area contributed by atoms with Crippen LogP contribution in [0.25, 0.3) is 0 Å². The molecular formula is C18H25NO3. The van der Waals surface area contributed by atoms with Crippen LogP contribution < -0.4 is 5.32 Å². The van der Waals surface area contributed by atoms with Gasteiger partial charge < -0.3 is 9.47 Å². The molecule has 1 aliphatic heterocycles. The number of carbonyl (C=O) groups excluding carboxylic acids is 1. The van der Waals surface area contributed by atoms with Crippen LogP contribution in [0, 0.1) is 5.92 Å². The van der Waals surface area contributed by atoms with E-state index in [9.17, 15) is 4.79 Å². The molecule has 4 heteroatoms. The van der Waals surface area contributed by atoms with Crippen LogP contribution in [0.4, 0.5) is 0 Å². The summed E-state index contributed by atoms with van der Waals surface area (Å²) < 4.78 is 10.9. The Morgan fingerprint density at radius 2 is 1.95 bits per heavy atom. The minimum atomic E-state index is -0.503. The quantitative estimate of drug-likeness (QED) is 0.868. The van der Waals surface area contributed by atoms with Crippen molar-refractivity contribution in [1.82, 2.24) is 5.32 Å². The zero-order valence-corrected chi connectivity index (χ0v) is 13.2. The normalized spacial score (nSPS) is 29.4. The Labute approximate surface area is 132 Å². The standard InChI is InChI=1S/C18H25NO3/c1-21-18(20)16-15(12-13-8-4-2-5-9-13)19-17(22-16)14-10-6-3-7-11-14/h3,6-7,10-11,13,15-17,19H,2,4-5,8-9,12H2,1H3. The molecular weight excluding hydrogens is 278 g/mol. The highest BCUT2D eigenvalue weighted by molar-refractivity contribution is 5.76. The van der Waals surface area contributed by atoms with Gasteiger partial charge in [0.2, 0.25) is 0 Å².